The smallest absolute Gasteiger partial charge is 0.339 e. The van der Waals surface area contributed by atoms with E-state index in [-0.39, 0.29) is 29.5 Å². The molecule has 0 radical (unpaired) electrons. The molecule has 0 saturated carbocycles. The molecule has 0 spiro atoms. The molecule has 0 aromatic heterocycles. The lowest BCUT2D eigenvalue weighted by molar-refractivity contribution is 0.266. The lowest BCUT2D eigenvalue weighted by atomic mass is 10.1. The first-order valence-electron chi connectivity index (χ1n) is 7.75. The largest absolute Gasteiger partial charge is 0.379 e. The number of epoxide rings is 1. The molecule has 0 aliphatic carbocycles. The van der Waals surface area contributed by atoms with E-state index in [9.17, 15) is 16.8 Å². The maximum absolute atomic E-state index is 12.3. The van der Waals surface area contributed by atoms with Crippen LogP contribution in [0.3, 0.4) is 0 Å². The van der Waals surface area contributed by atoms with Gasteiger partial charge in [-0.2, -0.15) is 16.8 Å². The summed E-state index contributed by atoms with van der Waals surface area (Å²) in [5, 5.41) is 0. The Balaban J connectivity index is 1.63. The molecular weight excluding hydrogens is 380 g/mol. The summed E-state index contributed by atoms with van der Waals surface area (Å²) in [6.07, 6.45) is 0.359. The predicted octanol–water partition coefficient (Wildman–Crippen LogP) is 2.18. The summed E-state index contributed by atoms with van der Waals surface area (Å²) < 4.78 is 61.6. The topological polar surface area (TPSA) is 99.3 Å². The van der Waals surface area contributed by atoms with E-state index in [1.54, 1.807) is 24.3 Å². The molecule has 1 saturated heterocycles. The highest BCUT2D eigenvalue weighted by atomic mass is 32.2. The summed E-state index contributed by atoms with van der Waals surface area (Å²) >= 11 is 0. The zero-order chi connectivity index (χ0) is 18.9. The fraction of sp³-hybridized carbons (Fsp3) is 0.294. The molecule has 0 bridgehead atoms. The molecule has 7 nitrogen and oxygen atoms in total. The lowest BCUT2D eigenvalue weighted by Crippen LogP contribution is -2.10. The Bertz CT molecular complexity index is 978. The highest BCUT2D eigenvalue weighted by Crippen LogP contribution is 2.39. The number of hydrogen-bond acceptors (Lipinski definition) is 7. The van der Waals surface area contributed by atoms with Crippen LogP contribution in [0.15, 0.2) is 53.4 Å². The van der Waals surface area contributed by atoms with Gasteiger partial charge < -0.3 is 8.92 Å². The van der Waals surface area contributed by atoms with E-state index in [4.69, 9.17) is 13.1 Å². The number of benzene rings is 2. The highest BCUT2D eigenvalue weighted by Gasteiger charge is 2.41. The summed E-state index contributed by atoms with van der Waals surface area (Å²) in [6.45, 7) is 1.81. The van der Waals surface area contributed by atoms with E-state index >= 15 is 0 Å². The number of hydrogen-bond donors (Lipinski definition) is 0. The van der Waals surface area contributed by atoms with Crippen LogP contribution in [0.4, 0.5) is 0 Å². The molecule has 2 atom stereocenters. The van der Waals surface area contributed by atoms with E-state index in [2.05, 4.69) is 0 Å². The van der Waals surface area contributed by atoms with Crippen molar-refractivity contribution in [2.45, 2.75) is 24.0 Å². The summed E-state index contributed by atoms with van der Waals surface area (Å²) in [4.78, 5) is 0.0793. The van der Waals surface area contributed by atoms with E-state index in [1.165, 1.54) is 24.3 Å². The molecule has 3 rings (SSSR count). The average molecular weight is 398 g/mol. The van der Waals surface area contributed by atoms with Crippen molar-refractivity contribution in [3.8, 4) is 5.75 Å². The standard InChI is InChI=1S/C17H18O7S2/c1-12-3-9-15(10-4-12)26(20,21)24-14-7-5-13(6-8-14)17-16(23-17)11-22-25(2,18)19/h3-10,16-17H,11H2,1-2H3/t16-,17-/m1/s1. The first kappa shape index (κ1) is 18.8. The van der Waals surface area contributed by atoms with Crippen LogP contribution in [-0.4, -0.2) is 35.8 Å². The Morgan fingerprint density at radius 2 is 1.58 bits per heavy atom. The molecular formula is C17H18O7S2. The third-order valence-corrected chi connectivity index (χ3v) is 5.58. The normalized spacial score (nSPS) is 19.9. The minimum atomic E-state index is -3.90. The van der Waals surface area contributed by atoms with Crippen molar-refractivity contribution >= 4 is 20.2 Å². The van der Waals surface area contributed by atoms with Crippen LogP contribution in [0.1, 0.15) is 17.2 Å². The molecule has 1 aliphatic heterocycles. The van der Waals surface area contributed by atoms with Crippen molar-refractivity contribution in [1.82, 2.24) is 0 Å². The lowest BCUT2D eigenvalue weighted by Gasteiger charge is -2.07. The van der Waals surface area contributed by atoms with Gasteiger partial charge in [-0.05, 0) is 36.8 Å². The van der Waals surface area contributed by atoms with Gasteiger partial charge in [0.25, 0.3) is 10.1 Å². The van der Waals surface area contributed by atoms with Crippen LogP contribution >= 0.6 is 0 Å². The monoisotopic (exact) mass is 398 g/mol. The van der Waals surface area contributed by atoms with Crippen LogP contribution in [0.5, 0.6) is 5.75 Å². The molecule has 140 valence electrons. The van der Waals surface area contributed by atoms with Crippen LogP contribution < -0.4 is 4.18 Å². The summed E-state index contributed by atoms with van der Waals surface area (Å²) in [7, 11) is -7.41. The quantitative estimate of drug-likeness (QED) is 0.521. The molecule has 0 amide bonds. The Labute approximate surface area is 152 Å². The summed E-state index contributed by atoms with van der Waals surface area (Å²) in [5.74, 6) is 0.180. The van der Waals surface area contributed by atoms with Crippen molar-refractivity contribution in [3.05, 3.63) is 59.7 Å². The molecule has 0 unspecified atom stereocenters. The van der Waals surface area contributed by atoms with Crippen LogP contribution in [0.25, 0.3) is 0 Å². The Morgan fingerprint density at radius 3 is 2.15 bits per heavy atom. The fourth-order valence-corrected chi connectivity index (χ4v) is 3.66. The summed E-state index contributed by atoms with van der Waals surface area (Å²) in [5.41, 5.74) is 1.74. The Kier molecular flexibility index (Phi) is 5.07. The van der Waals surface area contributed by atoms with Crippen molar-refractivity contribution in [2.24, 2.45) is 0 Å². The van der Waals surface area contributed by atoms with Gasteiger partial charge >= 0.3 is 10.1 Å². The maximum Gasteiger partial charge on any atom is 0.339 e. The van der Waals surface area contributed by atoms with E-state index in [0.29, 0.717) is 0 Å². The van der Waals surface area contributed by atoms with Crippen molar-refractivity contribution in [1.29, 1.82) is 0 Å². The third-order valence-electron chi connectivity index (χ3n) is 3.75. The van der Waals surface area contributed by atoms with Crippen LogP contribution in [0.2, 0.25) is 0 Å². The van der Waals surface area contributed by atoms with Gasteiger partial charge in [-0.15, -0.1) is 0 Å². The second-order valence-electron chi connectivity index (χ2n) is 6.00. The average Bonchev–Trinajstić information content (AvgIpc) is 3.33. The molecule has 1 aliphatic rings. The van der Waals surface area contributed by atoms with Crippen molar-refractivity contribution in [3.63, 3.8) is 0 Å². The van der Waals surface area contributed by atoms with Gasteiger partial charge in [0.1, 0.15) is 22.9 Å². The highest BCUT2D eigenvalue weighted by molar-refractivity contribution is 7.87. The number of rotatable bonds is 7. The number of ether oxygens (including phenoxy) is 1. The molecule has 26 heavy (non-hydrogen) atoms. The van der Waals surface area contributed by atoms with E-state index in [0.717, 1.165) is 17.4 Å². The first-order chi connectivity index (χ1) is 12.1. The van der Waals surface area contributed by atoms with Crippen LogP contribution in [-0.2, 0) is 29.2 Å². The molecule has 9 heteroatoms. The molecule has 0 N–H and O–H groups in total. The minimum Gasteiger partial charge on any atom is -0.379 e. The van der Waals surface area contributed by atoms with Crippen molar-refractivity contribution < 1.29 is 29.9 Å². The van der Waals surface area contributed by atoms with Crippen molar-refractivity contribution in [2.75, 3.05) is 12.9 Å². The van der Waals surface area contributed by atoms with E-state index in [1.807, 2.05) is 6.92 Å². The number of aryl methyl sites for hydroxylation is 1. The third kappa shape index (κ3) is 4.82. The van der Waals surface area contributed by atoms with Crippen LogP contribution in [0, 0.1) is 6.92 Å². The van der Waals surface area contributed by atoms with Gasteiger partial charge in [0.05, 0.1) is 12.9 Å². The zero-order valence-corrected chi connectivity index (χ0v) is 15.8. The van der Waals surface area contributed by atoms with E-state index < -0.39 is 20.2 Å². The molecule has 2 aromatic rings. The van der Waals surface area contributed by atoms with Gasteiger partial charge in [0.2, 0.25) is 0 Å². The Hall–Kier alpha value is -1.94. The molecule has 1 fully saturated rings. The molecule has 1 heterocycles. The fourth-order valence-electron chi connectivity index (χ4n) is 2.35. The second kappa shape index (κ2) is 6.99. The molecule has 2 aromatic carbocycles. The zero-order valence-electron chi connectivity index (χ0n) is 14.2. The van der Waals surface area contributed by atoms with Gasteiger partial charge in [0, 0.05) is 0 Å². The SMILES string of the molecule is Cc1ccc(S(=O)(=O)Oc2ccc([C@H]3O[C@@H]3COS(C)(=O)=O)cc2)cc1. The van der Waals surface area contributed by atoms with Gasteiger partial charge in [-0.25, -0.2) is 0 Å². The Morgan fingerprint density at radius 1 is 0.962 bits per heavy atom. The second-order valence-corrected chi connectivity index (χ2v) is 9.19. The van der Waals surface area contributed by atoms with Gasteiger partial charge in [-0.1, -0.05) is 29.8 Å². The first-order valence-corrected chi connectivity index (χ1v) is 11.0. The minimum absolute atomic E-state index is 0.0520. The maximum atomic E-state index is 12.3. The summed E-state index contributed by atoms with van der Waals surface area (Å²) in [6, 6.07) is 12.8. The van der Waals surface area contributed by atoms with Gasteiger partial charge in [0.15, 0.2) is 0 Å². The predicted molar refractivity (Wildman–Crippen MR) is 93.8 cm³/mol. The van der Waals surface area contributed by atoms with Gasteiger partial charge in [-0.3, -0.25) is 4.18 Å².